The average Bonchev–Trinajstić information content (AvgIpc) is 2.55. The number of nitrogens with two attached hydrogens (primary N) is 1. The molecule has 1 rings (SSSR count). The molecule has 1 aromatic rings. The molecule has 1 aromatic heterocycles. The van der Waals surface area contributed by atoms with E-state index in [1.807, 2.05) is 16.8 Å². The molecule has 1 heterocycles. The highest BCUT2D eigenvalue weighted by Crippen LogP contribution is 2.08. The molecule has 0 aliphatic carbocycles. The highest BCUT2D eigenvalue weighted by molar-refractivity contribution is 7.07. The number of methoxy groups -OCH3 is 1. The Morgan fingerprint density at radius 3 is 3.08 bits per heavy atom. The SMILES string of the molecule is COC(=O)C(N)Cc1ccsc1. The van der Waals surface area contributed by atoms with Gasteiger partial charge in [0.25, 0.3) is 0 Å². The van der Waals surface area contributed by atoms with Crippen molar-refractivity contribution in [2.75, 3.05) is 7.11 Å². The highest BCUT2D eigenvalue weighted by atomic mass is 32.1. The van der Waals surface area contributed by atoms with Gasteiger partial charge in [0.2, 0.25) is 0 Å². The third-order valence-electron chi connectivity index (χ3n) is 1.54. The summed E-state index contributed by atoms with van der Waals surface area (Å²) in [6, 6.07) is 1.41. The number of carbonyl (C=O) groups excluding carboxylic acids is 1. The molecule has 3 nitrogen and oxygen atoms in total. The molecule has 0 saturated heterocycles. The van der Waals surface area contributed by atoms with Crippen molar-refractivity contribution in [2.45, 2.75) is 12.5 Å². The molecule has 0 spiro atoms. The molecule has 4 heteroatoms. The van der Waals surface area contributed by atoms with Crippen LogP contribution in [-0.2, 0) is 16.0 Å². The van der Waals surface area contributed by atoms with Gasteiger partial charge in [-0.1, -0.05) is 0 Å². The third kappa shape index (κ3) is 2.32. The van der Waals surface area contributed by atoms with E-state index in [1.165, 1.54) is 7.11 Å². The van der Waals surface area contributed by atoms with Gasteiger partial charge in [-0.2, -0.15) is 11.3 Å². The summed E-state index contributed by atoms with van der Waals surface area (Å²) in [5.41, 5.74) is 6.63. The van der Waals surface area contributed by atoms with E-state index in [9.17, 15) is 4.79 Å². The Labute approximate surface area is 75.1 Å². The summed E-state index contributed by atoms with van der Waals surface area (Å²) in [6.07, 6.45) is 0.552. The minimum absolute atomic E-state index is 0.360. The summed E-state index contributed by atoms with van der Waals surface area (Å²) in [6.45, 7) is 0. The van der Waals surface area contributed by atoms with E-state index in [0.29, 0.717) is 6.42 Å². The number of esters is 1. The fourth-order valence-corrected chi connectivity index (χ4v) is 1.58. The Morgan fingerprint density at radius 1 is 1.83 bits per heavy atom. The van der Waals surface area contributed by atoms with E-state index in [-0.39, 0.29) is 5.97 Å². The van der Waals surface area contributed by atoms with Gasteiger partial charge < -0.3 is 10.5 Å². The van der Waals surface area contributed by atoms with Crippen molar-refractivity contribution >= 4 is 17.3 Å². The quantitative estimate of drug-likeness (QED) is 0.708. The van der Waals surface area contributed by atoms with Crippen LogP contribution < -0.4 is 5.73 Å². The maximum atomic E-state index is 10.9. The summed E-state index contributed by atoms with van der Waals surface area (Å²) in [4.78, 5) is 10.9. The summed E-state index contributed by atoms with van der Waals surface area (Å²) >= 11 is 1.59. The fraction of sp³-hybridized carbons (Fsp3) is 0.375. The zero-order chi connectivity index (χ0) is 8.97. The highest BCUT2D eigenvalue weighted by Gasteiger charge is 2.13. The maximum absolute atomic E-state index is 10.9. The lowest BCUT2D eigenvalue weighted by Crippen LogP contribution is -2.33. The van der Waals surface area contributed by atoms with Crippen LogP contribution in [0.4, 0.5) is 0 Å². The van der Waals surface area contributed by atoms with Crippen molar-refractivity contribution in [2.24, 2.45) is 5.73 Å². The van der Waals surface area contributed by atoms with Gasteiger partial charge in [0, 0.05) is 0 Å². The number of hydrogen-bond acceptors (Lipinski definition) is 4. The summed E-state index contributed by atoms with van der Waals surface area (Å²) in [7, 11) is 1.34. The smallest absolute Gasteiger partial charge is 0.322 e. The largest absolute Gasteiger partial charge is 0.468 e. The van der Waals surface area contributed by atoms with E-state index in [0.717, 1.165) is 5.56 Å². The Morgan fingerprint density at radius 2 is 2.58 bits per heavy atom. The first-order valence-corrected chi connectivity index (χ1v) is 4.53. The standard InChI is InChI=1S/C8H11NO2S/c1-11-8(10)7(9)4-6-2-3-12-5-6/h2-3,5,7H,4,9H2,1H3. The van der Waals surface area contributed by atoms with Gasteiger partial charge in [0.15, 0.2) is 0 Å². The van der Waals surface area contributed by atoms with Crippen molar-refractivity contribution in [3.63, 3.8) is 0 Å². The number of hydrogen-bond donors (Lipinski definition) is 1. The maximum Gasteiger partial charge on any atom is 0.322 e. The fourth-order valence-electron chi connectivity index (χ4n) is 0.897. The lowest BCUT2D eigenvalue weighted by Gasteiger charge is -2.06. The van der Waals surface area contributed by atoms with Crippen LogP contribution in [-0.4, -0.2) is 19.1 Å². The number of carbonyl (C=O) groups is 1. The first kappa shape index (κ1) is 9.22. The molecule has 2 N–H and O–H groups in total. The van der Waals surface area contributed by atoms with Gasteiger partial charge in [0.05, 0.1) is 7.11 Å². The van der Waals surface area contributed by atoms with Gasteiger partial charge >= 0.3 is 5.97 Å². The topological polar surface area (TPSA) is 52.3 Å². The van der Waals surface area contributed by atoms with Crippen LogP contribution in [0, 0.1) is 0 Å². The van der Waals surface area contributed by atoms with Crippen molar-refractivity contribution in [1.29, 1.82) is 0 Å². The van der Waals surface area contributed by atoms with Gasteiger partial charge in [-0.25, -0.2) is 0 Å². The van der Waals surface area contributed by atoms with E-state index in [4.69, 9.17) is 5.73 Å². The molecule has 0 radical (unpaired) electrons. The van der Waals surface area contributed by atoms with Crippen molar-refractivity contribution in [3.8, 4) is 0 Å². The molecule has 0 aromatic carbocycles. The summed E-state index contributed by atoms with van der Waals surface area (Å²) in [5.74, 6) is -0.360. The molecule has 1 atom stereocenters. The molecule has 12 heavy (non-hydrogen) atoms. The number of ether oxygens (including phenoxy) is 1. The summed E-state index contributed by atoms with van der Waals surface area (Å²) in [5, 5.41) is 3.93. The predicted molar refractivity (Wildman–Crippen MR) is 48.0 cm³/mol. The van der Waals surface area contributed by atoms with Gasteiger partial charge in [0.1, 0.15) is 6.04 Å². The van der Waals surface area contributed by atoms with Crippen molar-refractivity contribution in [3.05, 3.63) is 22.4 Å². The molecule has 0 aliphatic rings. The molecular formula is C8H11NO2S. The van der Waals surface area contributed by atoms with Crippen molar-refractivity contribution in [1.82, 2.24) is 0 Å². The molecule has 0 amide bonds. The van der Waals surface area contributed by atoms with Crippen LogP contribution >= 0.6 is 11.3 Å². The molecule has 1 unspecified atom stereocenters. The minimum atomic E-state index is -0.537. The minimum Gasteiger partial charge on any atom is -0.468 e. The number of rotatable bonds is 3. The second kappa shape index (κ2) is 4.23. The van der Waals surface area contributed by atoms with Crippen LogP contribution in [0.25, 0.3) is 0 Å². The Kier molecular flexibility index (Phi) is 3.25. The molecule has 0 saturated carbocycles. The first-order chi connectivity index (χ1) is 5.74. The zero-order valence-corrected chi connectivity index (χ0v) is 7.64. The lowest BCUT2D eigenvalue weighted by molar-refractivity contribution is -0.142. The first-order valence-electron chi connectivity index (χ1n) is 3.58. The van der Waals surface area contributed by atoms with Gasteiger partial charge in [-0.05, 0) is 28.8 Å². The number of thiophene rings is 1. The van der Waals surface area contributed by atoms with Crippen LogP contribution in [0.2, 0.25) is 0 Å². The van der Waals surface area contributed by atoms with E-state index < -0.39 is 6.04 Å². The third-order valence-corrected chi connectivity index (χ3v) is 2.27. The van der Waals surface area contributed by atoms with E-state index in [1.54, 1.807) is 11.3 Å². The molecule has 0 fully saturated rings. The Balaban J connectivity index is 2.47. The van der Waals surface area contributed by atoms with E-state index in [2.05, 4.69) is 4.74 Å². The summed E-state index contributed by atoms with van der Waals surface area (Å²) < 4.78 is 4.50. The zero-order valence-electron chi connectivity index (χ0n) is 6.82. The van der Waals surface area contributed by atoms with Crippen LogP contribution in [0.1, 0.15) is 5.56 Å². The van der Waals surface area contributed by atoms with Crippen LogP contribution in [0.3, 0.4) is 0 Å². The Bertz CT molecular complexity index is 246. The molecule has 0 bridgehead atoms. The van der Waals surface area contributed by atoms with Crippen LogP contribution in [0.15, 0.2) is 16.8 Å². The second-order valence-electron chi connectivity index (χ2n) is 2.47. The lowest BCUT2D eigenvalue weighted by atomic mass is 10.1. The Hall–Kier alpha value is -0.870. The van der Waals surface area contributed by atoms with E-state index >= 15 is 0 Å². The molecule has 0 aliphatic heterocycles. The van der Waals surface area contributed by atoms with Crippen LogP contribution in [0.5, 0.6) is 0 Å². The predicted octanol–water partition coefficient (Wildman–Crippen LogP) is 0.791. The van der Waals surface area contributed by atoms with Crippen molar-refractivity contribution < 1.29 is 9.53 Å². The van der Waals surface area contributed by atoms with Gasteiger partial charge in [-0.3, -0.25) is 4.79 Å². The van der Waals surface area contributed by atoms with Gasteiger partial charge in [-0.15, -0.1) is 0 Å². The second-order valence-corrected chi connectivity index (χ2v) is 3.25. The average molecular weight is 185 g/mol. The monoisotopic (exact) mass is 185 g/mol. The normalized spacial score (nSPS) is 12.5. The molecular weight excluding hydrogens is 174 g/mol. The molecule has 66 valence electrons.